The summed E-state index contributed by atoms with van der Waals surface area (Å²) < 4.78 is 0. The molecule has 4 nitrogen and oxygen atoms in total. The molecule has 1 amide bonds. The lowest BCUT2D eigenvalue weighted by molar-refractivity contribution is -0.126. The minimum absolute atomic E-state index is 0.101. The Labute approximate surface area is 159 Å². The van der Waals surface area contributed by atoms with Crippen LogP contribution >= 0.6 is 11.3 Å². The minimum atomic E-state index is -0.409. The third-order valence-electron chi connectivity index (χ3n) is 5.34. The van der Waals surface area contributed by atoms with Gasteiger partial charge in [-0.3, -0.25) is 9.69 Å². The molecule has 0 saturated carbocycles. The maximum atomic E-state index is 12.4. The highest BCUT2D eigenvalue weighted by atomic mass is 32.1. The number of nitrogens with zero attached hydrogens (tertiary/aromatic N) is 1. The van der Waals surface area contributed by atoms with Crippen LogP contribution in [-0.2, 0) is 11.2 Å². The molecule has 1 saturated heterocycles. The standard InChI is InChI=1S/C21H28N2O2S/c1-16(21(25)22-12-9-19-8-5-15-26-19)23-13-10-18(11-14-23)20(24)17-6-3-2-4-7-17/h2-8,15-16,18,20,24H,9-14H2,1H3,(H,22,25). The Kier molecular flexibility index (Phi) is 6.83. The zero-order valence-electron chi connectivity index (χ0n) is 15.3. The van der Waals surface area contributed by atoms with E-state index >= 15 is 0 Å². The predicted octanol–water partition coefficient (Wildman–Crippen LogP) is 3.24. The Hall–Kier alpha value is -1.69. The number of likely N-dealkylation sites (tertiary alicyclic amines) is 1. The number of carbonyl (C=O) groups is 1. The third-order valence-corrected chi connectivity index (χ3v) is 6.28. The van der Waals surface area contributed by atoms with E-state index in [1.165, 1.54) is 4.88 Å². The normalized spacial score (nSPS) is 18.4. The van der Waals surface area contributed by atoms with Gasteiger partial charge in [0.15, 0.2) is 0 Å². The first-order valence-electron chi connectivity index (χ1n) is 9.42. The summed E-state index contributed by atoms with van der Waals surface area (Å²) in [5.74, 6) is 0.367. The highest BCUT2D eigenvalue weighted by Gasteiger charge is 2.30. The van der Waals surface area contributed by atoms with Gasteiger partial charge in [0.1, 0.15) is 0 Å². The molecule has 1 aromatic heterocycles. The quantitative estimate of drug-likeness (QED) is 0.784. The van der Waals surface area contributed by atoms with Crippen molar-refractivity contribution in [1.82, 2.24) is 10.2 Å². The molecule has 5 heteroatoms. The maximum absolute atomic E-state index is 12.4. The van der Waals surface area contributed by atoms with Gasteiger partial charge in [-0.2, -0.15) is 0 Å². The molecule has 26 heavy (non-hydrogen) atoms. The number of benzene rings is 1. The molecule has 2 heterocycles. The fourth-order valence-corrected chi connectivity index (χ4v) is 4.33. The van der Waals surface area contributed by atoms with Gasteiger partial charge in [-0.15, -0.1) is 11.3 Å². The first-order valence-corrected chi connectivity index (χ1v) is 10.3. The molecule has 0 aliphatic carbocycles. The number of piperidine rings is 1. The summed E-state index contributed by atoms with van der Waals surface area (Å²) >= 11 is 1.73. The Morgan fingerprint density at radius 1 is 1.23 bits per heavy atom. The summed E-state index contributed by atoms with van der Waals surface area (Å²) in [6.45, 7) is 4.38. The minimum Gasteiger partial charge on any atom is -0.388 e. The SMILES string of the molecule is CC(C(=O)NCCc1cccs1)N1CCC(C(O)c2ccccc2)CC1. The number of amides is 1. The number of hydrogen-bond acceptors (Lipinski definition) is 4. The molecule has 2 aromatic rings. The van der Waals surface area contributed by atoms with Gasteiger partial charge in [-0.1, -0.05) is 36.4 Å². The zero-order chi connectivity index (χ0) is 18.4. The van der Waals surface area contributed by atoms with E-state index in [9.17, 15) is 9.90 Å². The van der Waals surface area contributed by atoms with Crippen molar-refractivity contribution in [3.8, 4) is 0 Å². The Balaban J connectivity index is 1.42. The van der Waals surface area contributed by atoms with Crippen molar-refractivity contribution in [2.24, 2.45) is 5.92 Å². The average Bonchev–Trinajstić information content (AvgIpc) is 3.21. The van der Waals surface area contributed by atoms with Gasteiger partial charge < -0.3 is 10.4 Å². The second-order valence-corrected chi connectivity index (χ2v) is 8.06. The molecule has 1 aliphatic heterocycles. The summed E-state index contributed by atoms with van der Waals surface area (Å²) in [4.78, 5) is 15.9. The van der Waals surface area contributed by atoms with E-state index in [-0.39, 0.29) is 17.9 Å². The van der Waals surface area contributed by atoms with Crippen LogP contribution in [0.1, 0.15) is 36.3 Å². The van der Waals surface area contributed by atoms with E-state index in [1.807, 2.05) is 43.3 Å². The van der Waals surface area contributed by atoms with Crippen molar-refractivity contribution in [2.75, 3.05) is 19.6 Å². The van der Waals surface area contributed by atoms with Gasteiger partial charge in [0, 0.05) is 11.4 Å². The van der Waals surface area contributed by atoms with Crippen molar-refractivity contribution in [1.29, 1.82) is 0 Å². The molecule has 2 unspecified atom stereocenters. The topological polar surface area (TPSA) is 52.6 Å². The average molecular weight is 373 g/mol. The largest absolute Gasteiger partial charge is 0.388 e. The van der Waals surface area contributed by atoms with Crippen LogP contribution in [0.15, 0.2) is 47.8 Å². The van der Waals surface area contributed by atoms with Gasteiger partial charge in [-0.25, -0.2) is 0 Å². The molecule has 1 aromatic carbocycles. The van der Waals surface area contributed by atoms with E-state index < -0.39 is 6.10 Å². The van der Waals surface area contributed by atoms with E-state index in [4.69, 9.17) is 0 Å². The number of thiophene rings is 1. The Morgan fingerprint density at radius 3 is 2.62 bits per heavy atom. The molecule has 0 bridgehead atoms. The molecule has 2 atom stereocenters. The molecule has 3 rings (SSSR count). The van der Waals surface area contributed by atoms with Crippen molar-refractivity contribution in [3.63, 3.8) is 0 Å². The molecule has 0 spiro atoms. The number of aliphatic hydroxyl groups excluding tert-OH is 1. The third kappa shape index (κ3) is 4.93. The first-order chi connectivity index (χ1) is 12.6. The van der Waals surface area contributed by atoms with Crippen molar-refractivity contribution in [2.45, 2.75) is 38.3 Å². The molecule has 0 radical (unpaired) electrons. The van der Waals surface area contributed by atoms with Gasteiger partial charge in [0.25, 0.3) is 0 Å². The van der Waals surface area contributed by atoms with E-state index in [0.29, 0.717) is 6.54 Å². The van der Waals surface area contributed by atoms with Crippen LogP contribution in [0.3, 0.4) is 0 Å². The van der Waals surface area contributed by atoms with Crippen LogP contribution in [0, 0.1) is 5.92 Å². The monoisotopic (exact) mass is 372 g/mol. The highest BCUT2D eigenvalue weighted by Crippen LogP contribution is 2.31. The smallest absolute Gasteiger partial charge is 0.237 e. The van der Waals surface area contributed by atoms with Gasteiger partial charge in [-0.05, 0) is 62.2 Å². The fourth-order valence-electron chi connectivity index (χ4n) is 3.62. The highest BCUT2D eigenvalue weighted by molar-refractivity contribution is 7.09. The lowest BCUT2D eigenvalue weighted by atomic mass is 9.87. The Bertz CT molecular complexity index is 667. The number of carbonyl (C=O) groups excluding carboxylic acids is 1. The van der Waals surface area contributed by atoms with Crippen LogP contribution in [0.25, 0.3) is 0 Å². The lowest BCUT2D eigenvalue weighted by Gasteiger charge is -2.37. The van der Waals surface area contributed by atoms with Crippen LogP contribution in [0.4, 0.5) is 0 Å². The molecule has 1 fully saturated rings. The zero-order valence-corrected chi connectivity index (χ0v) is 16.1. The van der Waals surface area contributed by atoms with Crippen LogP contribution in [0.2, 0.25) is 0 Å². The van der Waals surface area contributed by atoms with Gasteiger partial charge in [0.2, 0.25) is 5.91 Å². The number of hydrogen-bond donors (Lipinski definition) is 2. The predicted molar refractivity (Wildman–Crippen MR) is 106 cm³/mol. The van der Waals surface area contributed by atoms with E-state index in [2.05, 4.69) is 21.7 Å². The van der Waals surface area contributed by atoms with Crippen LogP contribution < -0.4 is 5.32 Å². The Morgan fingerprint density at radius 2 is 1.96 bits per heavy atom. The van der Waals surface area contributed by atoms with E-state index in [0.717, 1.165) is 37.9 Å². The van der Waals surface area contributed by atoms with Gasteiger partial charge in [0.05, 0.1) is 12.1 Å². The molecule has 1 aliphatic rings. The van der Waals surface area contributed by atoms with Crippen LogP contribution in [0.5, 0.6) is 0 Å². The van der Waals surface area contributed by atoms with Crippen molar-refractivity contribution >= 4 is 17.2 Å². The summed E-state index contributed by atoms with van der Waals surface area (Å²) in [7, 11) is 0. The van der Waals surface area contributed by atoms with E-state index in [1.54, 1.807) is 11.3 Å². The number of nitrogens with one attached hydrogen (secondary N) is 1. The maximum Gasteiger partial charge on any atom is 0.237 e. The second-order valence-electron chi connectivity index (χ2n) is 7.03. The summed E-state index contributed by atoms with van der Waals surface area (Å²) in [5, 5.41) is 15.7. The van der Waals surface area contributed by atoms with Crippen LogP contribution in [-0.4, -0.2) is 41.6 Å². The number of rotatable bonds is 7. The first kappa shape index (κ1) is 19.1. The van der Waals surface area contributed by atoms with Crippen molar-refractivity contribution in [3.05, 3.63) is 58.3 Å². The molecule has 2 N–H and O–H groups in total. The molecular formula is C21H28N2O2S. The molecular weight excluding hydrogens is 344 g/mol. The van der Waals surface area contributed by atoms with Gasteiger partial charge >= 0.3 is 0 Å². The van der Waals surface area contributed by atoms with Crippen molar-refractivity contribution < 1.29 is 9.90 Å². The number of aliphatic hydroxyl groups is 1. The summed E-state index contributed by atoms with van der Waals surface area (Å²) in [5.41, 5.74) is 0.991. The summed E-state index contributed by atoms with van der Waals surface area (Å²) in [6, 6.07) is 13.9. The summed E-state index contributed by atoms with van der Waals surface area (Å²) in [6.07, 6.45) is 2.32. The lowest BCUT2D eigenvalue weighted by Crippen LogP contribution is -2.49. The molecule has 140 valence electrons. The fraction of sp³-hybridized carbons (Fsp3) is 0.476. The second kappa shape index (κ2) is 9.31.